The molecule has 8 nitrogen and oxygen atoms in total. The lowest BCUT2D eigenvalue weighted by molar-refractivity contribution is -0.00595. The first-order valence-corrected chi connectivity index (χ1v) is 10.1. The maximum Gasteiger partial charge on any atom is 0.277 e. The van der Waals surface area contributed by atoms with Gasteiger partial charge in [-0.1, -0.05) is 6.07 Å². The molecule has 2 atom stereocenters. The maximum atomic E-state index is 13.8. The van der Waals surface area contributed by atoms with Gasteiger partial charge in [0, 0.05) is 24.4 Å². The Labute approximate surface area is 182 Å². The molecule has 30 heavy (non-hydrogen) atoms. The minimum atomic E-state index is -1.01. The van der Waals surface area contributed by atoms with Gasteiger partial charge in [0.25, 0.3) is 11.8 Å². The van der Waals surface area contributed by atoms with Crippen molar-refractivity contribution in [3.63, 3.8) is 0 Å². The summed E-state index contributed by atoms with van der Waals surface area (Å²) in [6, 6.07) is 2.66. The molecule has 1 saturated heterocycles. The zero-order chi connectivity index (χ0) is 21.8. The van der Waals surface area contributed by atoms with Crippen molar-refractivity contribution in [2.45, 2.75) is 29.8 Å². The van der Waals surface area contributed by atoms with Crippen LogP contribution in [0.2, 0.25) is 0 Å². The third kappa shape index (κ3) is 3.25. The van der Waals surface area contributed by atoms with E-state index in [-0.39, 0.29) is 30.4 Å². The van der Waals surface area contributed by atoms with Crippen LogP contribution in [0, 0.1) is 11.6 Å². The second-order valence-corrected chi connectivity index (χ2v) is 8.83. The summed E-state index contributed by atoms with van der Waals surface area (Å²) in [5, 5.41) is 12.8. The first-order chi connectivity index (χ1) is 14.1. The van der Waals surface area contributed by atoms with Gasteiger partial charge in [0.1, 0.15) is 17.2 Å². The van der Waals surface area contributed by atoms with Crippen LogP contribution in [0.3, 0.4) is 0 Å². The Kier molecular flexibility index (Phi) is 5.04. The number of carbonyl (C=O) groups is 2. The topological polar surface area (TPSA) is 101 Å². The van der Waals surface area contributed by atoms with Crippen LogP contribution in [0.25, 0.3) is 0 Å². The summed E-state index contributed by atoms with van der Waals surface area (Å²) < 4.78 is 32.8. The van der Waals surface area contributed by atoms with E-state index < -0.39 is 43.9 Å². The van der Waals surface area contributed by atoms with Crippen LogP contribution >= 0.6 is 22.6 Å². The Bertz CT molecular complexity index is 1140. The number of benzene rings is 1. The van der Waals surface area contributed by atoms with E-state index in [1.165, 1.54) is 21.7 Å². The molecule has 158 valence electrons. The average Bonchev–Trinajstić information content (AvgIpc) is 2.98. The van der Waals surface area contributed by atoms with Crippen molar-refractivity contribution in [2.75, 3.05) is 6.61 Å². The van der Waals surface area contributed by atoms with Crippen LogP contribution in [-0.4, -0.2) is 42.8 Å². The van der Waals surface area contributed by atoms with Crippen molar-refractivity contribution in [3.8, 4) is 5.75 Å². The molecule has 0 unspecified atom stereocenters. The molecule has 3 heterocycles. The first-order valence-electron chi connectivity index (χ1n) is 8.97. The highest BCUT2D eigenvalue weighted by molar-refractivity contribution is 14.1. The number of ether oxygens (including phenoxy) is 1. The molecule has 2 aliphatic rings. The lowest BCUT2D eigenvalue weighted by atomic mass is 10.1. The van der Waals surface area contributed by atoms with E-state index in [9.17, 15) is 28.3 Å². The fourth-order valence-electron chi connectivity index (χ4n) is 3.62. The standard InChI is InChI=1S/C19H16F2IN3O5/c1-9-7-30-19(22)8-24-6-12(15(26)16(27)14(24)18(29)25(9)19)17(28)23-5-10-2-3-11(20)4-13(10)21/h2-4,6,9,27H,5,7-8H2,1H3,(H,23,28)/t9-,19-/m0/s1. The molecule has 2 aliphatic heterocycles. The quantitative estimate of drug-likeness (QED) is 0.357. The van der Waals surface area contributed by atoms with Crippen molar-refractivity contribution in [1.82, 2.24) is 14.8 Å². The number of aromatic nitrogens is 1. The SMILES string of the molecule is C[C@H]1CO[C@]2(I)Cn3cc(C(=O)NCc4ccc(F)cc4F)c(=O)c(O)c3C(=O)N12. The number of nitrogens with zero attached hydrogens (tertiary/aromatic N) is 2. The number of hydrogen-bond acceptors (Lipinski definition) is 5. The van der Waals surface area contributed by atoms with Crippen LogP contribution < -0.4 is 10.7 Å². The molecule has 0 bridgehead atoms. The van der Waals surface area contributed by atoms with E-state index >= 15 is 0 Å². The molecule has 2 aromatic rings. The monoisotopic (exact) mass is 531 g/mol. The minimum Gasteiger partial charge on any atom is -0.503 e. The highest BCUT2D eigenvalue weighted by atomic mass is 127. The number of carbonyl (C=O) groups excluding carboxylic acids is 2. The number of amides is 2. The summed E-state index contributed by atoms with van der Waals surface area (Å²) in [7, 11) is 0. The summed E-state index contributed by atoms with van der Waals surface area (Å²) in [6.45, 7) is 1.89. The Hall–Kier alpha value is -2.54. The Morgan fingerprint density at radius 2 is 2.13 bits per heavy atom. The molecular weight excluding hydrogens is 515 g/mol. The first kappa shape index (κ1) is 20.7. The summed E-state index contributed by atoms with van der Waals surface area (Å²) >= 11 is 1.98. The lowest BCUT2D eigenvalue weighted by Crippen LogP contribution is -2.54. The third-order valence-electron chi connectivity index (χ3n) is 5.09. The fraction of sp³-hybridized carbons (Fsp3) is 0.316. The van der Waals surface area contributed by atoms with E-state index in [0.29, 0.717) is 12.7 Å². The van der Waals surface area contributed by atoms with Crippen LogP contribution in [0.1, 0.15) is 33.3 Å². The lowest BCUT2D eigenvalue weighted by Gasteiger charge is -2.39. The van der Waals surface area contributed by atoms with Crippen molar-refractivity contribution >= 4 is 34.4 Å². The van der Waals surface area contributed by atoms with Gasteiger partial charge < -0.3 is 19.7 Å². The summed E-state index contributed by atoms with van der Waals surface area (Å²) in [4.78, 5) is 39.4. The fourth-order valence-corrected chi connectivity index (χ4v) is 4.86. The molecule has 1 fully saturated rings. The van der Waals surface area contributed by atoms with Gasteiger partial charge in [0.05, 0.1) is 19.2 Å². The number of rotatable bonds is 3. The molecule has 11 heteroatoms. The minimum absolute atomic E-state index is 0.0254. The molecule has 0 saturated carbocycles. The summed E-state index contributed by atoms with van der Waals surface area (Å²) in [6.07, 6.45) is 1.18. The van der Waals surface area contributed by atoms with Crippen molar-refractivity contribution in [1.29, 1.82) is 0 Å². The predicted octanol–water partition coefficient (Wildman–Crippen LogP) is 1.73. The summed E-state index contributed by atoms with van der Waals surface area (Å²) in [5.41, 5.74) is -1.62. The highest BCUT2D eigenvalue weighted by Gasteiger charge is 2.52. The number of hydrogen-bond donors (Lipinski definition) is 2. The average molecular weight is 531 g/mol. The van der Waals surface area contributed by atoms with E-state index in [4.69, 9.17) is 4.74 Å². The summed E-state index contributed by atoms with van der Waals surface area (Å²) in [5.74, 6) is -3.87. The van der Waals surface area contributed by atoms with E-state index in [1.807, 2.05) is 22.6 Å². The Morgan fingerprint density at radius 1 is 1.40 bits per heavy atom. The number of fused-ring (bicyclic) bond motifs is 2. The normalized spacial score (nSPS) is 22.6. The van der Waals surface area contributed by atoms with Crippen molar-refractivity contribution in [3.05, 3.63) is 63.1 Å². The van der Waals surface area contributed by atoms with E-state index in [1.54, 1.807) is 6.92 Å². The van der Waals surface area contributed by atoms with Gasteiger partial charge in [0.2, 0.25) is 9.16 Å². The van der Waals surface area contributed by atoms with Crippen LogP contribution in [0.4, 0.5) is 8.78 Å². The van der Waals surface area contributed by atoms with Gasteiger partial charge in [-0.15, -0.1) is 0 Å². The zero-order valence-corrected chi connectivity index (χ0v) is 17.8. The Morgan fingerprint density at radius 3 is 2.83 bits per heavy atom. The number of pyridine rings is 1. The third-order valence-corrected chi connectivity index (χ3v) is 6.26. The van der Waals surface area contributed by atoms with E-state index in [0.717, 1.165) is 6.07 Å². The second-order valence-electron chi connectivity index (χ2n) is 7.14. The molecule has 2 amide bonds. The van der Waals surface area contributed by atoms with Crippen molar-refractivity contribution < 1.29 is 28.2 Å². The molecule has 1 aromatic heterocycles. The number of nitrogens with one attached hydrogen (secondary N) is 1. The maximum absolute atomic E-state index is 13.8. The van der Waals surface area contributed by atoms with Gasteiger partial charge in [-0.2, -0.15) is 0 Å². The molecular formula is C19H16F2IN3O5. The highest BCUT2D eigenvalue weighted by Crippen LogP contribution is 2.41. The van der Waals surface area contributed by atoms with Gasteiger partial charge in [0.15, 0.2) is 11.4 Å². The van der Waals surface area contributed by atoms with Crippen LogP contribution in [0.15, 0.2) is 29.2 Å². The number of aromatic hydroxyl groups is 1. The number of alkyl halides is 1. The van der Waals surface area contributed by atoms with Crippen LogP contribution in [0.5, 0.6) is 5.75 Å². The zero-order valence-electron chi connectivity index (χ0n) is 15.6. The van der Waals surface area contributed by atoms with Gasteiger partial charge in [-0.25, -0.2) is 8.78 Å². The Balaban J connectivity index is 1.65. The van der Waals surface area contributed by atoms with Crippen molar-refractivity contribution in [2.24, 2.45) is 0 Å². The number of halogens is 3. The van der Waals surface area contributed by atoms with Gasteiger partial charge in [-0.05, 0) is 35.6 Å². The van der Waals surface area contributed by atoms with Crippen LogP contribution in [-0.2, 0) is 17.8 Å². The molecule has 1 aromatic carbocycles. The molecule has 0 radical (unpaired) electrons. The molecule has 2 N–H and O–H groups in total. The van der Waals surface area contributed by atoms with Gasteiger partial charge in [-0.3, -0.25) is 19.3 Å². The smallest absolute Gasteiger partial charge is 0.277 e. The molecule has 4 rings (SSSR count). The van der Waals surface area contributed by atoms with Gasteiger partial charge >= 0.3 is 0 Å². The molecule has 0 spiro atoms. The predicted molar refractivity (Wildman–Crippen MR) is 108 cm³/mol. The van der Waals surface area contributed by atoms with E-state index in [2.05, 4.69) is 5.32 Å². The largest absolute Gasteiger partial charge is 0.503 e. The molecule has 0 aliphatic carbocycles. The second kappa shape index (κ2) is 7.30.